The van der Waals surface area contributed by atoms with Crippen LogP contribution in [0.4, 0.5) is 0 Å². The number of hydrogen-bond acceptors (Lipinski definition) is 5. The van der Waals surface area contributed by atoms with Crippen LogP contribution in [-0.2, 0) is 19.1 Å². The van der Waals surface area contributed by atoms with Crippen molar-refractivity contribution in [1.29, 1.82) is 0 Å². The first-order chi connectivity index (χ1) is 10.5. The Kier molecular flexibility index (Phi) is 3.68. The molecule has 2 fully saturated rings. The van der Waals surface area contributed by atoms with Gasteiger partial charge in [0.15, 0.2) is 5.92 Å². The van der Waals surface area contributed by atoms with Crippen LogP contribution in [0.5, 0.6) is 0 Å². The van der Waals surface area contributed by atoms with E-state index in [-0.39, 0.29) is 12.0 Å². The van der Waals surface area contributed by atoms with Crippen LogP contribution < -0.4 is 0 Å². The molecule has 0 amide bonds. The predicted molar refractivity (Wildman–Crippen MR) is 79.9 cm³/mol. The molecule has 22 heavy (non-hydrogen) atoms. The molecule has 3 rings (SSSR count). The molecule has 0 spiro atoms. The quantitative estimate of drug-likeness (QED) is 0.616. The van der Waals surface area contributed by atoms with Crippen molar-refractivity contribution >= 4 is 11.9 Å². The molecule has 118 valence electrons. The lowest BCUT2D eigenvalue weighted by Crippen LogP contribution is -2.51. The van der Waals surface area contributed by atoms with Crippen molar-refractivity contribution in [3.63, 3.8) is 0 Å². The summed E-state index contributed by atoms with van der Waals surface area (Å²) in [6, 6.07) is 10.3. The lowest BCUT2D eigenvalue weighted by Gasteiger charge is -2.44. The van der Waals surface area contributed by atoms with Crippen molar-refractivity contribution < 1.29 is 19.1 Å². The highest BCUT2D eigenvalue weighted by molar-refractivity contribution is 5.97. The Balaban J connectivity index is 1.92. The van der Waals surface area contributed by atoms with E-state index in [0.29, 0.717) is 13.0 Å². The summed E-state index contributed by atoms with van der Waals surface area (Å²) in [5, 5.41) is 0. The van der Waals surface area contributed by atoms with E-state index in [9.17, 15) is 9.59 Å². The number of piperidine rings is 1. The van der Waals surface area contributed by atoms with Gasteiger partial charge in [0.05, 0.1) is 7.11 Å². The maximum atomic E-state index is 12.2. The lowest BCUT2D eigenvalue weighted by atomic mass is 9.73. The van der Waals surface area contributed by atoms with E-state index in [2.05, 4.69) is 17.0 Å². The number of hydrogen-bond donors (Lipinski definition) is 0. The topological polar surface area (TPSA) is 55.8 Å². The summed E-state index contributed by atoms with van der Waals surface area (Å²) in [7, 11) is 3.34. The third kappa shape index (κ3) is 2.29. The summed E-state index contributed by atoms with van der Waals surface area (Å²) in [5.41, 5.74) is 0.561. The minimum absolute atomic E-state index is 0.158. The Hall–Kier alpha value is -1.88. The third-order valence-corrected chi connectivity index (χ3v) is 4.99. The summed E-state index contributed by atoms with van der Waals surface area (Å²) in [6.45, 7) is 2.52. The molecule has 0 unspecified atom stereocenters. The zero-order valence-corrected chi connectivity index (χ0v) is 13.1. The highest BCUT2D eigenvalue weighted by atomic mass is 16.6. The molecule has 2 heterocycles. The first kappa shape index (κ1) is 15.0. The van der Waals surface area contributed by atoms with Gasteiger partial charge in [-0.1, -0.05) is 30.3 Å². The van der Waals surface area contributed by atoms with Gasteiger partial charge in [0.1, 0.15) is 5.60 Å². The number of ether oxygens (including phenoxy) is 2. The van der Waals surface area contributed by atoms with Crippen molar-refractivity contribution in [2.45, 2.75) is 25.0 Å². The number of carbonyl (C=O) groups excluding carboxylic acids is 2. The molecule has 1 aromatic rings. The Labute approximate surface area is 130 Å². The second-order valence-electron chi connectivity index (χ2n) is 6.42. The van der Waals surface area contributed by atoms with Gasteiger partial charge >= 0.3 is 11.9 Å². The number of likely N-dealkylation sites (N-methyl/N-ethyl adjacent to an activating group) is 1. The second kappa shape index (κ2) is 5.39. The van der Waals surface area contributed by atoms with Crippen LogP contribution in [0, 0.1) is 11.8 Å². The summed E-state index contributed by atoms with van der Waals surface area (Å²) in [4.78, 5) is 26.4. The molecule has 2 saturated heterocycles. The number of likely N-dealkylation sites (tertiary alicyclic amines) is 1. The van der Waals surface area contributed by atoms with Gasteiger partial charge in [-0.25, -0.2) is 0 Å². The number of methoxy groups -OCH3 is 1. The average Bonchev–Trinajstić information content (AvgIpc) is 2.75. The molecule has 0 aliphatic carbocycles. The van der Waals surface area contributed by atoms with E-state index in [4.69, 9.17) is 9.47 Å². The van der Waals surface area contributed by atoms with Gasteiger partial charge in [-0.05, 0) is 26.0 Å². The zero-order valence-electron chi connectivity index (χ0n) is 13.1. The molecule has 0 N–H and O–H groups in total. The fourth-order valence-corrected chi connectivity index (χ4v) is 3.90. The van der Waals surface area contributed by atoms with Gasteiger partial charge in [0.25, 0.3) is 0 Å². The first-order valence-corrected chi connectivity index (χ1v) is 7.52. The van der Waals surface area contributed by atoms with Crippen LogP contribution in [0.25, 0.3) is 0 Å². The van der Waals surface area contributed by atoms with E-state index in [0.717, 1.165) is 0 Å². The maximum absolute atomic E-state index is 12.2. The molecule has 2 aliphatic rings. The van der Waals surface area contributed by atoms with Crippen molar-refractivity contribution in [2.24, 2.45) is 11.8 Å². The molecule has 1 aromatic carbocycles. The minimum Gasteiger partial charge on any atom is -0.468 e. The molecule has 5 nitrogen and oxygen atoms in total. The van der Waals surface area contributed by atoms with E-state index in [1.165, 1.54) is 12.7 Å². The van der Waals surface area contributed by atoms with E-state index in [1.807, 2.05) is 32.2 Å². The monoisotopic (exact) mass is 303 g/mol. The van der Waals surface area contributed by atoms with Gasteiger partial charge in [-0.15, -0.1) is 0 Å². The van der Waals surface area contributed by atoms with E-state index < -0.39 is 23.5 Å². The molecule has 0 aromatic heterocycles. The van der Waals surface area contributed by atoms with Crippen LogP contribution in [0.15, 0.2) is 30.3 Å². The van der Waals surface area contributed by atoms with Gasteiger partial charge < -0.3 is 9.47 Å². The van der Waals surface area contributed by atoms with Crippen LogP contribution in [-0.4, -0.2) is 43.1 Å². The molecule has 5 heteroatoms. The smallest absolute Gasteiger partial charge is 0.321 e. The zero-order chi connectivity index (χ0) is 15.9. The van der Waals surface area contributed by atoms with E-state index >= 15 is 0 Å². The van der Waals surface area contributed by atoms with Crippen LogP contribution >= 0.6 is 0 Å². The normalized spacial score (nSPS) is 34.9. The Morgan fingerprint density at radius 1 is 1.36 bits per heavy atom. The van der Waals surface area contributed by atoms with Gasteiger partial charge in [-0.2, -0.15) is 0 Å². The minimum atomic E-state index is -0.810. The van der Waals surface area contributed by atoms with Crippen molar-refractivity contribution in [3.05, 3.63) is 35.9 Å². The number of nitrogens with zero attached hydrogens (tertiary/aromatic N) is 1. The number of esters is 2. The summed E-state index contributed by atoms with van der Waals surface area (Å²) < 4.78 is 10.4. The standard InChI is InChI=1S/C17H21NO4/c1-17-10-18(2)13(11-7-5-4-6-8-11)9-12(17)14(15(19)21-3)16(20)22-17/h4-8,12-14H,9-10H2,1-3H3/t12-,13+,14+,17+/m0/s1. The molecule has 0 saturated carbocycles. The maximum Gasteiger partial charge on any atom is 0.321 e. The molecular weight excluding hydrogens is 282 g/mol. The Bertz CT molecular complexity index is 588. The molecule has 2 aliphatic heterocycles. The Morgan fingerprint density at radius 2 is 2.05 bits per heavy atom. The molecule has 0 radical (unpaired) electrons. The fourth-order valence-electron chi connectivity index (χ4n) is 3.90. The van der Waals surface area contributed by atoms with Crippen LogP contribution in [0.3, 0.4) is 0 Å². The lowest BCUT2D eigenvalue weighted by molar-refractivity contribution is -0.157. The fraction of sp³-hybridized carbons (Fsp3) is 0.529. The average molecular weight is 303 g/mol. The third-order valence-electron chi connectivity index (χ3n) is 4.99. The largest absolute Gasteiger partial charge is 0.468 e. The summed E-state index contributed by atoms with van der Waals surface area (Å²) >= 11 is 0. The number of benzene rings is 1. The van der Waals surface area contributed by atoms with Gasteiger partial charge in [0, 0.05) is 18.5 Å². The molecular formula is C17H21NO4. The van der Waals surface area contributed by atoms with Crippen LogP contribution in [0.2, 0.25) is 0 Å². The van der Waals surface area contributed by atoms with Gasteiger partial charge in [-0.3, -0.25) is 14.5 Å². The van der Waals surface area contributed by atoms with E-state index in [1.54, 1.807) is 0 Å². The SMILES string of the molecule is COC(=O)[C@@H]1C(=O)O[C@]2(C)CN(C)[C@@H](c3ccccc3)C[C@@H]12. The summed E-state index contributed by atoms with van der Waals surface area (Å²) in [6.07, 6.45) is 0.697. The number of rotatable bonds is 2. The highest BCUT2D eigenvalue weighted by Crippen LogP contribution is 2.48. The molecule has 0 bridgehead atoms. The summed E-state index contributed by atoms with van der Waals surface area (Å²) in [5.74, 6) is -1.92. The second-order valence-corrected chi connectivity index (χ2v) is 6.42. The van der Waals surface area contributed by atoms with Crippen molar-refractivity contribution in [3.8, 4) is 0 Å². The highest BCUT2D eigenvalue weighted by Gasteiger charge is 2.59. The number of carbonyl (C=O) groups is 2. The predicted octanol–water partition coefficient (Wildman–Crippen LogP) is 1.78. The number of fused-ring (bicyclic) bond motifs is 1. The van der Waals surface area contributed by atoms with Crippen molar-refractivity contribution in [2.75, 3.05) is 20.7 Å². The van der Waals surface area contributed by atoms with Crippen LogP contribution in [0.1, 0.15) is 24.9 Å². The van der Waals surface area contributed by atoms with Crippen molar-refractivity contribution in [1.82, 2.24) is 4.90 Å². The van der Waals surface area contributed by atoms with Gasteiger partial charge in [0.2, 0.25) is 0 Å². The molecule has 4 atom stereocenters. The first-order valence-electron chi connectivity index (χ1n) is 7.52. The Morgan fingerprint density at radius 3 is 2.68 bits per heavy atom.